The fourth-order valence-corrected chi connectivity index (χ4v) is 4.52. The minimum atomic E-state index is -3.72. The Hall–Kier alpha value is -2.60. The molecule has 25 heavy (non-hydrogen) atoms. The van der Waals surface area contributed by atoms with Gasteiger partial charge in [-0.25, -0.2) is 8.42 Å². The highest BCUT2D eigenvalue weighted by molar-refractivity contribution is 7.92. The van der Waals surface area contributed by atoms with Gasteiger partial charge in [-0.2, -0.15) is 0 Å². The lowest BCUT2D eigenvalue weighted by Gasteiger charge is -2.23. The Labute approximate surface area is 148 Å². The molecule has 2 aromatic rings. The lowest BCUT2D eigenvalue weighted by molar-refractivity contribution is -0.110. The molecule has 6 heteroatoms. The second-order valence-corrected chi connectivity index (χ2v) is 7.90. The number of hydrogen-bond donors (Lipinski definition) is 1. The monoisotopic (exact) mass is 356 g/mol. The number of hydrogen-bond acceptors (Lipinski definition) is 3. The molecule has 1 aliphatic rings. The van der Waals surface area contributed by atoms with Crippen LogP contribution < -0.4 is 9.62 Å². The van der Waals surface area contributed by atoms with E-state index in [2.05, 4.69) is 5.32 Å². The summed E-state index contributed by atoms with van der Waals surface area (Å²) < 4.78 is 27.6. The summed E-state index contributed by atoms with van der Waals surface area (Å²) in [6, 6.07) is 13.7. The van der Waals surface area contributed by atoms with Gasteiger partial charge in [-0.05, 0) is 51.1 Å². The zero-order valence-electron chi connectivity index (χ0n) is 14.4. The Kier molecular flexibility index (Phi) is 4.39. The minimum absolute atomic E-state index is 0.173. The van der Waals surface area contributed by atoms with Crippen LogP contribution >= 0.6 is 0 Å². The zero-order valence-corrected chi connectivity index (χ0v) is 15.2. The third-order valence-electron chi connectivity index (χ3n) is 4.16. The van der Waals surface area contributed by atoms with Crippen LogP contribution in [-0.2, 0) is 14.8 Å². The van der Waals surface area contributed by atoms with Crippen molar-refractivity contribution in [1.29, 1.82) is 0 Å². The predicted molar refractivity (Wildman–Crippen MR) is 100.0 cm³/mol. The van der Waals surface area contributed by atoms with Crippen molar-refractivity contribution in [3.63, 3.8) is 0 Å². The van der Waals surface area contributed by atoms with Gasteiger partial charge < -0.3 is 5.32 Å². The first kappa shape index (κ1) is 17.2. The summed E-state index contributed by atoms with van der Waals surface area (Å²) >= 11 is 0. The van der Waals surface area contributed by atoms with Gasteiger partial charge in [-0.1, -0.05) is 23.8 Å². The highest BCUT2D eigenvalue weighted by Crippen LogP contribution is 2.36. The topological polar surface area (TPSA) is 66.5 Å². The van der Waals surface area contributed by atoms with Crippen molar-refractivity contribution in [2.45, 2.75) is 25.7 Å². The number of nitrogens with one attached hydrogen (secondary N) is 1. The van der Waals surface area contributed by atoms with Gasteiger partial charge in [0.2, 0.25) is 0 Å². The molecule has 0 unspecified atom stereocenters. The number of benzene rings is 2. The number of para-hydroxylation sites is 1. The zero-order chi connectivity index (χ0) is 18.2. The lowest BCUT2D eigenvalue weighted by atomic mass is 10.0. The van der Waals surface area contributed by atoms with Crippen LogP contribution in [0.4, 0.5) is 11.4 Å². The average molecular weight is 356 g/mol. The number of rotatable bonds is 4. The van der Waals surface area contributed by atoms with E-state index in [1.54, 1.807) is 43.3 Å². The van der Waals surface area contributed by atoms with Gasteiger partial charge in [0.25, 0.3) is 15.9 Å². The third kappa shape index (κ3) is 2.93. The molecule has 0 saturated carbocycles. The smallest absolute Gasteiger partial charge is 0.264 e. The maximum absolute atomic E-state index is 13.1. The largest absolute Gasteiger partial charge is 0.321 e. The van der Waals surface area contributed by atoms with Crippen LogP contribution in [0.3, 0.4) is 0 Å². The van der Waals surface area contributed by atoms with Crippen LogP contribution in [0.25, 0.3) is 5.57 Å². The van der Waals surface area contributed by atoms with Gasteiger partial charge in [0, 0.05) is 23.4 Å². The number of amides is 1. The number of sulfonamides is 1. The van der Waals surface area contributed by atoms with Gasteiger partial charge in [0.15, 0.2) is 0 Å². The summed E-state index contributed by atoms with van der Waals surface area (Å²) in [4.78, 5) is 12.3. The van der Waals surface area contributed by atoms with Gasteiger partial charge in [-0.3, -0.25) is 9.10 Å². The molecule has 1 N–H and O–H groups in total. The number of carbonyl (C=O) groups is 1. The van der Waals surface area contributed by atoms with E-state index in [1.165, 1.54) is 10.4 Å². The van der Waals surface area contributed by atoms with Crippen molar-refractivity contribution >= 4 is 32.9 Å². The second kappa shape index (κ2) is 6.37. The van der Waals surface area contributed by atoms with Gasteiger partial charge in [-0.15, -0.1) is 0 Å². The van der Waals surface area contributed by atoms with Crippen LogP contribution in [0.2, 0.25) is 0 Å². The van der Waals surface area contributed by atoms with E-state index < -0.39 is 10.0 Å². The number of carbonyl (C=O) groups excluding carboxylic acids is 1. The molecule has 0 aromatic heterocycles. The standard InChI is InChI=1S/C19H20N2O3S/c1-4-21(14-8-6-5-7-9-14)25(23,24)15-10-11-17-16(12-15)18(13(2)3)19(22)20-17/h5-12H,4H2,1-3H3,(H,20,22). The Morgan fingerprint density at radius 1 is 1.08 bits per heavy atom. The summed E-state index contributed by atoms with van der Waals surface area (Å²) in [5, 5.41) is 2.78. The molecule has 0 fully saturated rings. The van der Waals surface area contributed by atoms with Gasteiger partial charge >= 0.3 is 0 Å². The van der Waals surface area contributed by atoms with E-state index in [9.17, 15) is 13.2 Å². The molecule has 2 aromatic carbocycles. The van der Waals surface area contributed by atoms with Crippen LogP contribution in [0.15, 0.2) is 59.0 Å². The predicted octanol–water partition coefficient (Wildman–Crippen LogP) is 3.65. The molecule has 0 aliphatic carbocycles. The average Bonchev–Trinajstić information content (AvgIpc) is 2.91. The first-order valence-electron chi connectivity index (χ1n) is 8.07. The molecule has 0 atom stereocenters. The fraction of sp³-hybridized carbons (Fsp3) is 0.211. The molecule has 1 amide bonds. The molecule has 0 radical (unpaired) electrons. The molecule has 0 spiro atoms. The summed E-state index contributed by atoms with van der Waals surface area (Å²) in [7, 11) is -3.72. The first-order chi connectivity index (χ1) is 11.9. The number of nitrogens with zero attached hydrogens (tertiary/aromatic N) is 1. The van der Waals surface area contributed by atoms with Crippen molar-refractivity contribution in [2.75, 3.05) is 16.2 Å². The summed E-state index contributed by atoms with van der Waals surface area (Å²) in [5.74, 6) is -0.194. The molecule has 1 heterocycles. The highest BCUT2D eigenvalue weighted by atomic mass is 32.2. The normalized spacial score (nSPS) is 13.4. The summed E-state index contributed by atoms with van der Waals surface area (Å²) in [5.41, 5.74) is 3.27. The quantitative estimate of drug-likeness (QED) is 0.851. The molecule has 3 rings (SSSR count). The first-order valence-corrected chi connectivity index (χ1v) is 9.51. The Morgan fingerprint density at radius 2 is 1.76 bits per heavy atom. The molecular weight excluding hydrogens is 336 g/mol. The van der Waals surface area contributed by atoms with Crippen LogP contribution in [0.5, 0.6) is 0 Å². The van der Waals surface area contributed by atoms with Crippen molar-refractivity contribution in [3.05, 3.63) is 59.7 Å². The summed E-state index contributed by atoms with van der Waals surface area (Å²) in [6.45, 7) is 5.79. The van der Waals surface area contributed by atoms with E-state index in [0.717, 1.165) is 5.57 Å². The van der Waals surface area contributed by atoms with E-state index in [-0.39, 0.29) is 10.8 Å². The van der Waals surface area contributed by atoms with E-state index in [0.29, 0.717) is 29.1 Å². The molecular formula is C19H20N2O3S. The fourth-order valence-electron chi connectivity index (χ4n) is 3.02. The van der Waals surface area contributed by atoms with Crippen molar-refractivity contribution in [3.8, 4) is 0 Å². The van der Waals surface area contributed by atoms with Gasteiger partial charge in [0.1, 0.15) is 0 Å². The number of allylic oxidation sites excluding steroid dienone is 1. The van der Waals surface area contributed by atoms with Gasteiger partial charge in [0.05, 0.1) is 10.6 Å². The molecule has 1 aliphatic heterocycles. The summed E-state index contributed by atoms with van der Waals surface area (Å²) in [6.07, 6.45) is 0. The maximum atomic E-state index is 13.1. The lowest BCUT2D eigenvalue weighted by Crippen LogP contribution is -2.30. The van der Waals surface area contributed by atoms with Crippen LogP contribution in [0.1, 0.15) is 26.3 Å². The van der Waals surface area contributed by atoms with Crippen LogP contribution in [-0.4, -0.2) is 20.9 Å². The van der Waals surface area contributed by atoms with E-state index in [1.807, 2.05) is 19.9 Å². The SMILES string of the molecule is CCN(c1ccccc1)S(=O)(=O)c1ccc2c(c1)C(=C(C)C)C(=O)N2. The number of anilines is 2. The third-order valence-corrected chi connectivity index (χ3v) is 6.05. The van der Waals surface area contributed by atoms with Crippen molar-refractivity contribution < 1.29 is 13.2 Å². The van der Waals surface area contributed by atoms with Crippen molar-refractivity contribution in [1.82, 2.24) is 0 Å². The highest BCUT2D eigenvalue weighted by Gasteiger charge is 2.29. The second-order valence-electron chi connectivity index (χ2n) is 6.04. The molecule has 0 bridgehead atoms. The molecule has 5 nitrogen and oxygen atoms in total. The Balaban J connectivity index is 2.11. The molecule has 130 valence electrons. The van der Waals surface area contributed by atoms with Crippen molar-refractivity contribution in [2.24, 2.45) is 0 Å². The maximum Gasteiger partial charge on any atom is 0.264 e. The Morgan fingerprint density at radius 3 is 2.36 bits per heavy atom. The Bertz CT molecular complexity index is 959. The van der Waals surface area contributed by atoms with E-state index in [4.69, 9.17) is 0 Å². The van der Waals surface area contributed by atoms with Crippen LogP contribution in [0, 0.1) is 0 Å². The van der Waals surface area contributed by atoms with E-state index >= 15 is 0 Å². The molecule has 0 saturated heterocycles. The minimum Gasteiger partial charge on any atom is -0.321 e. The number of fused-ring (bicyclic) bond motifs is 1.